The predicted octanol–water partition coefficient (Wildman–Crippen LogP) is 2.46. The van der Waals surface area contributed by atoms with Crippen molar-refractivity contribution in [3.05, 3.63) is 0 Å². The third-order valence-electron chi connectivity index (χ3n) is 6.71. The molecule has 3 fully saturated rings. The van der Waals surface area contributed by atoms with Crippen LogP contribution in [0.4, 0.5) is 0 Å². The summed E-state index contributed by atoms with van der Waals surface area (Å²) >= 11 is 0. The fraction of sp³-hybridized carbons (Fsp3) is 0.905. The monoisotopic (exact) mass is 363 g/mol. The molecule has 0 N–H and O–H groups in total. The molecule has 5 heteroatoms. The summed E-state index contributed by atoms with van der Waals surface area (Å²) in [6.07, 6.45) is 2.54. The van der Waals surface area contributed by atoms with Crippen LogP contribution >= 0.6 is 0 Å². The Hall–Kier alpha value is -1.10. The number of carbonyl (C=O) groups excluding carboxylic acids is 2. The maximum Gasteiger partial charge on any atom is 0.227 e. The summed E-state index contributed by atoms with van der Waals surface area (Å²) in [5.41, 5.74) is -0.0170. The van der Waals surface area contributed by atoms with E-state index in [4.69, 9.17) is 0 Å². The fourth-order valence-corrected chi connectivity index (χ4v) is 5.70. The van der Waals surface area contributed by atoms with Gasteiger partial charge < -0.3 is 14.7 Å². The molecule has 3 aliphatic heterocycles. The average molecular weight is 364 g/mol. The summed E-state index contributed by atoms with van der Waals surface area (Å²) < 4.78 is 0. The van der Waals surface area contributed by atoms with Crippen molar-refractivity contribution in [2.24, 2.45) is 23.7 Å². The smallest absolute Gasteiger partial charge is 0.227 e. The number of likely N-dealkylation sites (tertiary alicyclic amines) is 3. The van der Waals surface area contributed by atoms with E-state index in [0.717, 1.165) is 52.1 Å². The van der Waals surface area contributed by atoms with Crippen molar-refractivity contribution < 1.29 is 9.59 Å². The van der Waals surface area contributed by atoms with Gasteiger partial charge in [0.05, 0.1) is 11.5 Å². The van der Waals surface area contributed by atoms with Gasteiger partial charge in [-0.15, -0.1) is 0 Å². The first-order chi connectivity index (χ1) is 12.3. The number of hydrogen-bond donors (Lipinski definition) is 0. The molecule has 0 aromatic rings. The molecule has 0 aromatic carbocycles. The van der Waals surface area contributed by atoms with Crippen molar-refractivity contribution in [1.29, 1.82) is 0 Å². The third-order valence-corrected chi connectivity index (χ3v) is 6.71. The maximum atomic E-state index is 13.1. The molecule has 0 saturated carbocycles. The highest BCUT2D eigenvalue weighted by Gasteiger charge is 2.61. The Kier molecular flexibility index (Phi) is 5.66. The lowest BCUT2D eigenvalue weighted by atomic mass is 9.74. The van der Waals surface area contributed by atoms with Gasteiger partial charge in [0.2, 0.25) is 11.8 Å². The second kappa shape index (κ2) is 7.49. The molecule has 3 aliphatic rings. The predicted molar refractivity (Wildman–Crippen MR) is 104 cm³/mol. The Morgan fingerprint density at radius 3 is 2.31 bits per heavy atom. The normalized spacial score (nSPS) is 28.7. The molecule has 5 nitrogen and oxygen atoms in total. The highest BCUT2D eigenvalue weighted by Crippen LogP contribution is 2.49. The number of piperidine rings is 1. The molecule has 148 valence electrons. The van der Waals surface area contributed by atoms with Gasteiger partial charge in [0.25, 0.3) is 0 Å². The highest BCUT2D eigenvalue weighted by atomic mass is 16.2. The van der Waals surface area contributed by atoms with Crippen LogP contribution in [0.25, 0.3) is 0 Å². The van der Waals surface area contributed by atoms with E-state index in [2.05, 4.69) is 44.4 Å². The zero-order chi connectivity index (χ0) is 19.1. The topological polar surface area (TPSA) is 43.9 Å². The van der Waals surface area contributed by atoms with E-state index in [9.17, 15) is 9.59 Å². The standard InChI is InChI=1S/C21H37N3O2/c1-6-24-20(26)17-13-22(12-16(4)5)14-18(17)21(24)7-9-23(10-8-21)19(25)11-15(2)3/h15-18H,6-14H2,1-5H3/t17-,18+/m0/s1. The minimum atomic E-state index is -0.0170. The average Bonchev–Trinajstić information content (AvgIpc) is 3.05. The van der Waals surface area contributed by atoms with Gasteiger partial charge in [0.1, 0.15) is 0 Å². The van der Waals surface area contributed by atoms with Gasteiger partial charge in [-0.1, -0.05) is 27.7 Å². The summed E-state index contributed by atoms with van der Waals surface area (Å²) in [6.45, 7) is 16.3. The Morgan fingerprint density at radius 1 is 1.12 bits per heavy atom. The summed E-state index contributed by atoms with van der Waals surface area (Å²) in [5.74, 6) is 2.31. The van der Waals surface area contributed by atoms with Crippen LogP contribution in [0.3, 0.4) is 0 Å². The van der Waals surface area contributed by atoms with Crippen LogP contribution in [0, 0.1) is 23.7 Å². The Balaban J connectivity index is 1.73. The van der Waals surface area contributed by atoms with E-state index in [1.807, 2.05) is 4.90 Å². The quantitative estimate of drug-likeness (QED) is 0.754. The minimum Gasteiger partial charge on any atom is -0.343 e. The zero-order valence-corrected chi connectivity index (χ0v) is 17.3. The van der Waals surface area contributed by atoms with Crippen molar-refractivity contribution in [3.8, 4) is 0 Å². The molecule has 0 bridgehead atoms. The molecule has 2 atom stereocenters. The van der Waals surface area contributed by atoms with Crippen LogP contribution in [-0.2, 0) is 9.59 Å². The van der Waals surface area contributed by atoms with Crippen molar-refractivity contribution in [2.75, 3.05) is 39.3 Å². The van der Waals surface area contributed by atoms with Crippen molar-refractivity contribution in [3.63, 3.8) is 0 Å². The first-order valence-electron chi connectivity index (χ1n) is 10.6. The first kappa shape index (κ1) is 19.7. The Labute approximate surface area is 159 Å². The number of nitrogens with zero attached hydrogens (tertiary/aromatic N) is 3. The third kappa shape index (κ3) is 3.39. The SMILES string of the molecule is CCN1C(=O)[C@H]2CN(CC(C)C)C[C@H]2C12CCN(C(=O)CC(C)C)CC2. The van der Waals surface area contributed by atoms with Crippen LogP contribution in [-0.4, -0.2) is 71.3 Å². The van der Waals surface area contributed by atoms with Gasteiger partial charge in [-0.3, -0.25) is 9.59 Å². The molecule has 3 heterocycles. The van der Waals surface area contributed by atoms with E-state index in [1.165, 1.54) is 0 Å². The molecule has 3 saturated heterocycles. The van der Waals surface area contributed by atoms with Crippen LogP contribution in [0.15, 0.2) is 0 Å². The molecule has 2 amide bonds. The van der Waals surface area contributed by atoms with Gasteiger partial charge in [0.15, 0.2) is 0 Å². The Bertz CT molecular complexity index is 537. The fourth-order valence-electron chi connectivity index (χ4n) is 5.70. The van der Waals surface area contributed by atoms with E-state index in [1.54, 1.807) is 0 Å². The second-order valence-electron chi connectivity index (χ2n) is 9.49. The second-order valence-corrected chi connectivity index (χ2v) is 9.49. The van der Waals surface area contributed by atoms with Gasteiger partial charge in [0, 0.05) is 51.6 Å². The minimum absolute atomic E-state index is 0.0170. The lowest BCUT2D eigenvalue weighted by Crippen LogP contribution is -2.58. The number of carbonyl (C=O) groups is 2. The highest BCUT2D eigenvalue weighted by molar-refractivity contribution is 5.84. The molecule has 0 unspecified atom stereocenters. The lowest BCUT2D eigenvalue weighted by Gasteiger charge is -2.48. The Morgan fingerprint density at radius 2 is 1.77 bits per heavy atom. The first-order valence-corrected chi connectivity index (χ1v) is 10.6. The van der Waals surface area contributed by atoms with Gasteiger partial charge in [-0.2, -0.15) is 0 Å². The van der Waals surface area contributed by atoms with Crippen molar-refractivity contribution in [1.82, 2.24) is 14.7 Å². The molecular weight excluding hydrogens is 326 g/mol. The molecule has 1 spiro atoms. The lowest BCUT2D eigenvalue weighted by molar-refractivity contribution is -0.138. The van der Waals surface area contributed by atoms with Crippen molar-refractivity contribution in [2.45, 2.75) is 59.4 Å². The van der Waals surface area contributed by atoms with Gasteiger partial charge in [-0.05, 0) is 31.6 Å². The van der Waals surface area contributed by atoms with E-state index in [-0.39, 0.29) is 17.4 Å². The van der Waals surface area contributed by atoms with E-state index < -0.39 is 0 Å². The van der Waals surface area contributed by atoms with Crippen LogP contribution in [0.2, 0.25) is 0 Å². The summed E-state index contributed by atoms with van der Waals surface area (Å²) in [7, 11) is 0. The molecule has 26 heavy (non-hydrogen) atoms. The molecule has 0 aromatic heterocycles. The van der Waals surface area contributed by atoms with Gasteiger partial charge in [-0.25, -0.2) is 0 Å². The van der Waals surface area contributed by atoms with Crippen LogP contribution in [0.5, 0.6) is 0 Å². The molecular formula is C21H37N3O2. The largest absolute Gasteiger partial charge is 0.343 e. The van der Waals surface area contributed by atoms with E-state index in [0.29, 0.717) is 30.1 Å². The molecule has 0 radical (unpaired) electrons. The van der Waals surface area contributed by atoms with Gasteiger partial charge >= 0.3 is 0 Å². The number of fused-ring (bicyclic) bond motifs is 2. The zero-order valence-electron chi connectivity index (χ0n) is 17.3. The number of rotatable bonds is 5. The molecule has 0 aliphatic carbocycles. The van der Waals surface area contributed by atoms with Crippen LogP contribution < -0.4 is 0 Å². The van der Waals surface area contributed by atoms with Crippen LogP contribution in [0.1, 0.15) is 53.9 Å². The summed E-state index contributed by atoms with van der Waals surface area (Å²) in [4.78, 5) is 32.3. The maximum absolute atomic E-state index is 13.1. The van der Waals surface area contributed by atoms with Crippen molar-refractivity contribution >= 4 is 11.8 Å². The van der Waals surface area contributed by atoms with E-state index >= 15 is 0 Å². The number of amides is 2. The number of hydrogen-bond acceptors (Lipinski definition) is 3. The summed E-state index contributed by atoms with van der Waals surface area (Å²) in [5, 5.41) is 0. The summed E-state index contributed by atoms with van der Waals surface area (Å²) in [6, 6.07) is 0. The molecule has 3 rings (SSSR count).